The van der Waals surface area contributed by atoms with Crippen molar-refractivity contribution in [1.29, 1.82) is 0 Å². The molecule has 0 aliphatic heterocycles. The first-order chi connectivity index (χ1) is 12.8. The molecule has 0 fully saturated rings. The van der Waals surface area contributed by atoms with Crippen LogP contribution in [0.2, 0.25) is 0 Å². The van der Waals surface area contributed by atoms with Crippen molar-refractivity contribution in [1.82, 2.24) is 5.32 Å². The van der Waals surface area contributed by atoms with E-state index in [0.717, 1.165) is 17.5 Å². The topological polar surface area (TPSA) is 47.6 Å². The van der Waals surface area contributed by atoms with Gasteiger partial charge in [0.05, 0.1) is 12.6 Å². The molecule has 1 N–H and O–H groups in total. The van der Waals surface area contributed by atoms with Crippen LogP contribution in [0.4, 0.5) is 13.2 Å². The molecule has 1 unspecified atom stereocenters. The number of nitrogens with one attached hydrogen (secondary N) is 1. The monoisotopic (exact) mass is 381 g/mol. The number of carbonyl (C=O) groups excluding carboxylic acids is 1. The SMILES string of the molecule is CC(NC(=O)COCCc1ccccc1)c1ccc(OCC(F)(F)F)cc1. The first-order valence-electron chi connectivity index (χ1n) is 8.54. The standard InChI is InChI=1S/C20H22F3NO3/c1-15(17-7-9-18(10-8-17)27-14-20(21,22)23)24-19(25)13-26-12-11-16-5-3-2-4-6-16/h2-10,15H,11-14H2,1H3,(H,24,25). The van der Waals surface area contributed by atoms with Crippen LogP contribution in [-0.2, 0) is 16.0 Å². The van der Waals surface area contributed by atoms with E-state index < -0.39 is 12.8 Å². The minimum Gasteiger partial charge on any atom is -0.484 e. The third-order valence-electron chi connectivity index (χ3n) is 3.77. The van der Waals surface area contributed by atoms with Crippen LogP contribution >= 0.6 is 0 Å². The van der Waals surface area contributed by atoms with Gasteiger partial charge in [0.15, 0.2) is 6.61 Å². The summed E-state index contributed by atoms with van der Waals surface area (Å²) in [6.45, 7) is 0.841. The summed E-state index contributed by atoms with van der Waals surface area (Å²) in [6.07, 6.45) is -3.65. The van der Waals surface area contributed by atoms with Gasteiger partial charge in [-0.3, -0.25) is 4.79 Å². The van der Waals surface area contributed by atoms with Gasteiger partial charge in [-0.1, -0.05) is 42.5 Å². The predicted molar refractivity (Wildman–Crippen MR) is 95.5 cm³/mol. The van der Waals surface area contributed by atoms with E-state index >= 15 is 0 Å². The molecule has 0 bridgehead atoms. The molecule has 2 rings (SSSR count). The number of hydrogen-bond acceptors (Lipinski definition) is 3. The summed E-state index contributed by atoms with van der Waals surface area (Å²) in [7, 11) is 0. The van der Waals surface area contributed by atoms with Gasteiger partial charge in [0.2, 0.25) is 5.91 Å². The number of hydrogen-bond donors (Lipinski definition) is 1. The second-order valence-corrected chi connectivity index (χ2v) is 6.05. The van der Waals surface area contributed by atoms with E-state index in [1.54, 1.807) is 19.1 Å². The Morgan fingerprint density at radius 3 is 2.37 bits per heavy atom. The highest BCUT2D eigenvalue weighted by Gasteiger charge is 2.28. The van der Waals surface area contributed by atoms with E-state index in [-0.39, 0.29) is 24.3 Å². The summed E-state index contributed by atoms with van der Waals surface area (Å²) in [5.74, 6) is -0.133. The summed E-state index contributed by atoms with van der Waals surface area (Å²) < 4.78 is 46.4. The Labute approximate surface area is 156 Å². The lowest BCUT2D eigenvalue weighted by atomic mass is 10.1. The second-order valence-electron chi connectivity index (χ2n) is 6.05. The number of amides is 1. The lowest BCUT2D eigenvalue weighted by Crippen LogP contribution is -2.30. The maximum atomic E-state index is 12.1. The molecule has 0 aliphatic carbocycles. The van der Waals surface area contributed by atoms with Crippen LogP contribution in [0.25, 0.3) is 0 Å². The van der Waals surface area contributed by atoms with Crippen molar-refractivity contribution in [2.75, 3.05) is 19.8 Å². The van der Waals surface area contributed by atoms with E-state index in [1.165, 1.54) is 12.1 Å². The van der Waals surface area contributed by atoms with Gasteiger partial charge in [0, 0.05) is 0 Å². The van der Waals surface area contributed by atoms with E-state index in [2.05, 4.69) is 10.1 Å². The van der Waals surface area contributed by atoms with Gasteiger partial charge in [0.1, 0.15) is 12.4 Å². The highest BCUT2D eigenvalue weighted by molar-refractivity contribution is 5.77. The largest absolute Gasteiger partial charge is 0.484 e. The molecular weight excluding hydrogens is 359 g/mol. The normalized spacial score (nSPS) is 12.4. The smallest absolute Gasteiger partial charge is 0.422 e. The summed E-state index contributed by atoms with van der Waals surface area (Å²) in [4.78, 5) is 11.9. The van der Waals surface area contributed by atoms with Crippen molar-refractivity contribution in [3.05, 3.63) is 65.7 Å². The molecule has 1 atom stereocenters. The molecule has 7 heteroatoms. The first kappa shape index (κ1) is 20.8. The minimum atomic E-state index is -4.37. The van der Waals surface area contributed by atoms with Crippen LogP contribution in [0, 0.1) is 0 Å². The van der Waals surface area contributed by atoms with Crippen molar-refractivity contribution in [2.45, 2.75) is 25.6 Å². The molecule has 2 aromatic rings. The van der Waals surface area contributed by atoms with Crippen molar-refractivity contribution < 1.29 is 27.4 Å². The summed E-state index contributed by atoms with van der Waals surface area (Å²) in [5, 5.41) is 2.79. The lowest BCUT2D eigenvalue weighted by Gasteiger charge is -2.15. The number of rotatable bonds is 9. The molecule has 4 nitrogen and oxygen atoms in total. The quantitative estimate of drug-likeness (QED) is 0.667. The molecule has 146 valence electrons. The highest BCUT2D eigenvalue weighted by Crippen LogP contribution is 2.21. The summed E-state index contributed by atoms with van der Waals surface area (Å²) in [5.41, 5.74) is 1.89. The maximum Gasteiger partial charge on any atom is 0.422 e. The highest BCUT2D eigenvalue weighted by atomic mass is 19.4. The van der Waals surface area contributed by atoms with Crippen molar-refractivity contribution in [2.24, 2.45) is 0 Å². The first-order valence-corrected chi connectivity index (χ1v) is 8.54. The number of carbonyl (C=O) groups is 1. The van der Waals surface area contributed by atoms with Crippen LogP contribution in [0.1, 0.15) is 24.1 Å². The van der Waals surface area contributed by atoms with Gasteiger partial charge in [-0.2, -0.15) is 13.2 Å². The van der Waals surface area contributed by atoms with E-state index in [4.69, 9.17) is 4.74 Å². The van der Waals surface area contributed by atoms with E-state index in [1.807, 2.05) is 30.3 Å². The van der Waals surface area contributed by atoms with Crippen molar-refractivity contribution in [3.63, 3.8) is 0 Å². The minimum absolute atomic E-state index is 0.0516. The molecule has 0 aliphatic rings. The molecule has 1 amide bonds. The Bertz CT molecular complexity index is 703. The third-order valence-corrected chi connectivity index (χ3v) is 3.77. The van der Waals surface area contributed by atoms with Crippen LogP contribution in [0.3, 0.4) is 0 Å². The Morgan fingerprint density at radius 2 is 1.74 bits per heavy atom. The molecule has 0 aromatic heterocycles. The number of ether oxygens (including phenoxy) is 2. The fourth-order valence-electron chi connectivity index (χ4n) is 2.38. The van der Waals surface area contributed by atoms with Gasteiger partial charge >= 0.3 is 6.18 Å². The molecule has 27 heavy (non-hydrogen) atoms. The molecular formula is C20H22F3NO3. The summed E-state index contributed by atoms with van der Waals surface area (Å²) in [6, 6.07) is 15.6. The molecule has 0 heterocycles. The second kappa shape index (κ2) is 9.97. The van der Waals surface area contributed by atoms with Crippen LogP contribution in [0.15, 0.2) is 54.6 Å². The Balaban J connectivity index is 1.70. The number of benzene rings is 2. The van der Waals surface area contributed by atoms with E-state index in [9.17, 15) is 18.0 Å². The van der Waals surface area contributed by atoms with Gasteiger partial charge in [0.25, 0.3) is 0 Å². The molecule has 0 spiro atoms. The molecule has 0 saturated carbocycles. The van der Waals surface area contributed by atoms with Gasteiger partial charge < -0.3 is 14.8 Å². The zero-order valence-corrected chi connectivity index (χ0v) is 15.0. The number of halogens is 3. The van der Waals surface area contributed by atoms with Gasteiger partial charge in [-0.15, -0.1) is 0 Å². The molecule has 0 radical (unpaired) electrons. The Kier molecular flexibility index (Phi) is 7.67. The van der Waals surface area contributed by atoms with E-state index in [0.29, 0.717) is 6.61 Å². The van der Waals surface area contributed by atoms with Crippen molar-refractivity contribution in [3.8, 4) is 5.75 Å². The molecule has 0 saturated heterocycles. The summed E-state index contributed by atoms with van der Waals surface area (Å²) >= 11 is 0. The van der Waals surface area contributed by atoms with Gasteiger partial charge in [-0.25, -0.2) is 0 Å². The van der Waals surface area contributed by atoms with Crippen LogP contribution in [0.5, 0.6) is 5.75 Å². The molecule has 2 aromatic carbocycles. The van der Waals surface area contributed by atoms with Crippen LogP contribution in [-0.4, -0.2) is 31.9 Å². The zero-order chi connectivity index (χ0) is 19.7. The average molecular weight is 381 g/mol. The average Bonchev–Trinajstić information content (AvgIpc) is 2.64. The fraction of sp³-hybridized carbons (Fsp3) is 0.350. The predicted octanol–water partition coefficient (Wildman–Crippen LogP) is 4.06. The fourth-order valence-corrected chi connectivity index (χ4v) is 2.38. The lowest BCUT2D eigenvalue weighted by molar-refractivity contribution is -0.153. The zero-order valence-electron chi connectivity index (χ0n) is 15.0. The van der Waals surface area contributed by atoms with Gasteiger partial charge in [-0.05, 0) is 36.6 Å². The Morgan fingerprint density at radius 1 is 1.07 bits per heavy atom. The Hall–Kier alpha value is -2.54. The third kappa shape index (κ3) is 8.13. The maximum absolute atomic E-state index is 12.1. The van der Waals surface area contributed by atoms with Crippen LogP contribution < -0.4 is 10.1 Å². The van der Waals surface area contributed by atoms with Crippen molar-refractivity contribution >= 4 is 5.91 Å². The number of alkyl halides is 3.